The Balaban J connectivity index is 2.06. The monoisotopic (exact) mass is 290 g/mol. The Kier molecular flexibility index (Phi) is 4.44. The molecule has 2 aromatic rings. The van der Waals surface area contributed by atoms with Crippen LogP contribution in [0.4, 0.5) is 5.69 Å². The van der Waals surface area contributed by atoms with Gasteiger partial charge in [0.2, 0.25) is 0 Å². The van der Waals surface area contributed by atoms with Crippen molar-refractivity contribution in [2.75, 3.05) is 12.4 Å². The summed E-state index contributed by atoms with van der Waals surface area (Å²) in [4.78, 5) is 27.4. The fourth-order valence-electron chi connectivity index (χ4n) is 1.55. The zero-order valence-electron chi connectivity index (χ0n) is 10.8. The van der Waals surface area contributed by atoms with Gasteiger partial charge in [-0.1, -0.05) is 0 Å². The second-order valence-electron chi connectivity index (χ2n) is 3.94. The van der Waals surface area contributed by atoms with Gasteiger partial charge < -0.3 is 16.4 Å². The predicted molar refractivity (Wildman–Crippen MR) is 77.8 cm³/mol. The van der Waals surface area contributed by atoms with Crippen molar-refractivity contribution in [2.45, 2.75) is 6.54 Å². The van der Waals surface area contributed by atoms with Gasteiger partial charge in [-0.3, -0.25) is 9.59 Å². The van der Waals surface area contributed by atoms with Gasteiger partial charge in [-0.15, -0.1) is 11.3 Å². The van der Waals surface area contributed by atoms with Gasteiger partial charge >= 0.3 is 0 Å². The first kappa shape index (κ1) is 14.2. The van der Waals surface area contributed by atoms with Crippen molar-refractivity contribution < 1.29 is 9.59 Å². The summed E-state index contributed by atoms with van der Waals surface area (Å²) in [5.41, 5.74) is 6.92. The third-order valence-corrected chi connectivity index (χ3v) is 3.46. The summed E-state index contributed by atoms with van der Waals surface area (Å²) in [5.74, 6) is -0.469. The van der Waals surface area contributed by atoms with Crippen molar-refractivity contribution in [2.24, 2.45) is 5.73 Å². The largest absolute Gasteiger partial charge is 0.355 e. The van der Waals surface area contributed by atoms with Crippen molar-refractivity contribution >= 4 is 28.8 Å². The van der Waals surface area contributed by atoms with Gasteiger partial charge in [0.25, 0.3) is 11.8 Å². The molecule has 0 atom stereocenters. The molecular weight excluding hydrogens is 276 g/mol. The van der Waals surface area contributed by atoms with Crippen LogP contribution in [0, 0.1) is 0 Å². The summed E-state index contributed by atoms with van der Waals surface area (Å²) >= 11 is 1.35. The van der Waals surface area contributed by atoms with E-state index in [0.29, 0.717) is 28.5 Å². The highest BCUT2D eigenvalue weighted by Crippen LogP contribution is 2.13. The molecule has 0 fully saturated rings. The number of amides is 2. The topological polar surface area (TPSA) is 97.1 Å². The minimum atomic E-state index is -0.298. The fourth-order valence-corrected chi connectivity index (χ4v) is 2.21. The molecule has 6 nitrogen and oxygen atoms in total. The number of anilines is 1. The van der Waals surface area contributed by atoms with Gasteiger partial charge in [0.05, 0.1) is 0 Å². The maximum Gasteiger partial charge on any atom is 0.275 e. The number of nitrogens with two attached hydrogens (primary N) is 1. The zero-order valence-corrected chi connectivity index (χ0v) is 11.7. The number of aromatic nitrogens is 1. The molecule has 0 saturated heterocycles. The Morgan fingerprint density at radius 3 is 2.50 bits per heavy atom. The number of nitrogens with one attached hydrogen (secondary N) is 2. The van der Waals surface area contributed by atoms with Crippen LogP contribution in [0.5, 0.6) is 0 Å². The molecule has 0 aliphatic carbocycles. The summed E-state index contributed by atoms with van der Waals surface area (Å²) in [7, 11) is 1.56. The minimum Gasteiger partial charge on any atom is -0.355 e. The molecule has 4 N–H and O–H groups in total. The van der Waals surface area contributed by atoms with Crippen LogP contribution in [0.1, 0.15) is 25.9 Å². The molecule has 0 aliphatic heterocycles. The van der Waals surface area contributed by atoms with Crippen molar-refractivity contribution in [1.29, 1.82) is 0 Å². The number of carbonyl (C=O) groups is 2. The molecule has 0 unspecified atom stereocenters. The standard InChI is InChI=1S/C13H14N4O2S/c1-15-12(18)8-2-4-9(5-3-8)16-13(19)10-7-20-11(6-14)17-10/h2-5,7H,6,14H2,1H3,(H,15,18)(H,16,19). The second kappa shape index (κ2) is 6.27. The molecule has 7 heteroatoms. The maximum absolute atomic E-state index is 11.9. The van der Waals surface area contributed by atoms with Gasteiger partial charge in [-0.2, -0.15) is 0 Å². The fraction of sp³-hybridized carbons (Fsp3) is 0.154. The summed E-state index contributed by atoms with van der Waals surface area (Å²) in [6.45, 7) is 0.318. The number of hydrogen-bond acceptors (Lipinski definition) is 5. The minimum absolute atomic E-state index is 0.171. The quantitative estimate of drug-likeness (QED) is 0.788. The molecule has 1 heterocycles. The first-order chi connectivity index (χ1) is 9.63. The summed E-state index contributed by atoms with van der Waals surface area (Å²) in [6.07, 6.45) is 0. The van der Waals surface area contributed by atoms with Crippen LogP contribution in [0.3, 0.4) is 0 Å². The highest BCUT2D eigenvalue weighted by atomic mass is 32.1. The summed E-state index contributed by atoms with van der Waals surface area (Å²) in [5, 5.41) is 7.62. The first-order valence-corrected chi connectivity index (χ1v) is 6.80. The Labute approximate surface area is 120 Å². The van der Waals surface area contributed by atoms with Crippen molar-refractivity contribution in [1.82, 2.24) is 10.3 Å². The smallest absolute Gasteiger partial charge is 0.275 e. The lowest BCUT2D eigenvalue weighted by atomic mass is 10.2. The van der Waals surface area contributed by atoms with E-state index in [4.69, 9.17) is 5.73 Å². The van der Waals surface area contributed by atoms with E-state index < -0.39 is 0 Å². The van der Waals surface area contributed by atoms with Gasteiger partial charge in [-0.25, -0.2) is 4.98 Å². The lowest BCUT2D eigenvalue weighted by Crippen LogP contribution is -2.18. The van der Waals surface area contributed by atoms with E-state index in [9.17, 15) is 9.59 Å². The molecule has 0 spiro atoms. The average molecular weight is 290 g/mol. The first-order valence-electron chi connectivity index (χ1n) is 5.92. The summed E-state index contributed by atoms with van der Waals surface area (Å²) in [6, 6.07) is 6.61. The number of benzene rings is 1. The molecule has 1 aromatic carbocycles. The van der Waals surface area contributed by atoms with E-state index in [-0.39, 0.29) is 11.8 Å². The molecule has 2 rings (SSSR count). The van der Waals surface area contributed by atoms with E-state index in [1.165, 1.54) is 11.3 Å². The van der Waals surface area contributed by atoms with E-state index >= 15 is 0 Å². The average Bonchev–Trinajstić information content (AvgIpc) is 2.96. The van der Waals surface area contributed by atoms with Crippen LogP contribution in [0.25, 0.3) is 0 Å². The Morgan fingerprint density at radius 2 is 1.95 bits per heavy atom. The summed E-state index contributed by atoms with van der Waals surface area (Å²) < 4.78 is 0. The SMILES string of the molecule is CNC(=O)c1ccc(NC(=O)c2csc(CN)n2)cc1. The van der Waals surface area contributed by atoms with Crippen LogP contribution >= 0.6 is 11.3 Å². The van der Waals surface area contributed by atoms with Gasteiger partial charge in [-0.05, 0) is 24.3 Å². The Morgan fingerprint density at radius 1 is 1.25 bits per heavy atom. The van der Waals surface area contributed by atoms with Crippen molar-refractivity contribution in [3.05, 3.63) is 45.9 Å². The number of rotatable bonds is 4. The van der Waals surface area contributed by atoms with E-state index in [2.05, 4.69) is 15.6 Å². The molecule has 20 heavy (non-hydrogen) atoms. The van der Waals surface area contributed by atoms with Crippen LogP contribution in [0.15, 0.2) is 29.6 Å². The van der Waals surface area contributed by atoms with Crippen LogP contribution in [-0.2, 0) is 6.54 Å². The highest BCUT2D eigenvalue weighted by Gasteiger charge is 2.11. The highest BCUT2D eigenvalue weighted by molar-refractivity contribution is 7.09. The lowest BCUT2D eigenvalue weighted by molar-refractivity contribution is 0.0962. The van der Waals surface area contributed by atoms with Crippen LogP contribution in [-0.4, -0.2) is 23.8 Å². The second-order valence-corrected chi connectivity index (χ2v) is 4.88. The Hall–Kier alpha value is -2.25. The number of thiazole rings is 1. The molecular formula is C13H14N4O2S. The van der Waals surface area contributed by atoms with E-state index in [1.807, 2.05) is 0 Å². The van der Waals surface area contributed by atoms with Crippen molar-refractivity contribution in [3.8, 4) is 0 Å². The maximum atomic E-state index is 11.9. The Bertz CT molecular complexity index is 622. The van der Waals surface area contributed by atoms with E-state index in [0.717, 1.165) is 0 Å². The third kappa shape index (κ3) is 3.19. The number of carbonyl (C=O) groups excluding carboxylic acids is 2. The molecule has 0 saturated carbocycles. The molecule has 104 valence electrons. The molecule has 0 bridgehead atoms. The predicted octanol–water partition coefficient (Wildman–Crippen LogP) is 1.21. The number of nitrogens with zero attached hydrogens (tertiary/aromatic N) is 1. The van der Waals surface area contributed by atoms with Crippen LogP contribution < -0.4 is 16.4 Å². The van der Waals surface area contributed by atoms with E-state index in [1.54, 1.807) is 36.7 Å². The van der Waals surface area contributed by atoms with Gasteiger partial charge in [0.15, 0.2) is 0 Å². The van der Waals surface area contributed by atoms with Crippen LogP contribution in [0.2, 0.25) is 0 Å². The molecule has 0 radical (unpaired) electrons. The number of hydrogen-bond donors (Lipinski definition) is 3. The molecule has 1 aromatic heterocycles. The molecule has 2 amide bonds. The van der Waals surface area contributed by atoms with Gasteiger partial charge in [0.1, 0.15) is 10.7 Å². The normalized spacial score (nSPS) is 10.1. The van der Waals surface area contributed by atoms with Gasteiger partial charge in [0, 0.05) is 30.2 Å². The third-order valence-electron chi connectivity index (χ3n) is 2.59. The molecule has 0 aliphatic rings. The van der Waals surface area contributed by atoms with Crippen molar-refractivity contribution in [3.63, 3.8) is 0 Å². The zero-order chi connectivity index (χ0) is 14.5. The lowest BCUT2D eigenvalue weighted by Gasteiger charge is -2.04.